The zero-order valence-corrected chi connectivity index (χ0v) is 13.7. The van der Waals surface area contributed by atoms with Crippen molar-refractivity contribution in [3.8, 4) is 0 Å². The third kappa shape index (κ3) is 6.23. The van der Waals surface area contributed by atoms with Gasteiger partial charge in [0.1, 0.15) is 0 Å². The molecule has 0 aromatic rings. The number of carbonyl (C=O) groups is 4. The first-order chi connectivity index (χ1) is 11.2. The van der Waals surface area contributed by atoms with Crippen molar-refractivity contribution in [1.29, 1.82) is 0 Å². The van der Waals surface area contributed by atoms with Crippen LogP contribution in [0, 0.1) is 0 Å². The Balaban J connectivity index is 5.09. The standard InChI is InChI=1S/C16H22O8/c1-3-9(13(17)18)11(15(21)22)7-5-6-8-12(16(23)24)10(4-2)14(19)20/h3-8H2,1-2H3,(H,17,18)(H,19,20)(H,21,22)(H,23,24)/b11-9+,12-10+. The average Bonchev–Trinajstić information content (AvgIpc) is 2.47. The summed E-state index contributed by atoms with van der Waals surface area (Å²) in [5, 5.41) is 36.2. The van der Waals surface area contributed by atoms with Crippen LogP contribution in [-0.2, 0) is 19.2 Å². The van der Waals surface area contributed by atoms with E-state index in [0.717, 1.165) is 0 Å². The predicted octanol–water partition coefficient (Wildman–Crippen LogP) is 2.30. The second kappa shape index (κ2) is 10.2. The van der Waals surface area contributed by atoms with Gasteiger partial charge in [-0.25, -0.2) is 19.2 Å². The van der Waals surface area contributed by atoms with Crippen LogP contribution in [0.25, 0.3) is 0 Å². The van der Waals surface area contributed by atoms with E-state index in [9.17, 15) is 19.2 Å². The maximum atomic E-state index is 11.2. The Morgan fingerprint density at radius 3 is 0.958 bits per heavy atom. The van der Waals surface area contributed by atoms with Crippen LogP contribution in [0.4, 0.5) is 0 Å². The maximum absolute atomic E-state index is 11.2. The van der Waals surface area contributed by atoms with E-state index in [1.54, 1.807) is 0 Å². The molecular formula is C16H22O8. The van der Waals surface area contributed by atoms with Gasteiger partial charge in [-0.3, -0.25) is 0 Å². The van der Waals surface area contributed by atoms with Gasteiger partial charge in [0.15, 0.2) is 0 Å². The summed E-state index contributed by atoms with van der Waals surface area (Å²) in [4.78, 5) is 44.4. The van der Waals surface area contributed by atoms with Crippen LogP contribution in [0.5, 0.6) is 0 Å². The molecule has 0 atom stereocenters. The number of hydrogen-bond donors (Lipinski definition) is 4. The molecule has 0 radical (unpaired) electrons. The molecule has 0 saturated heterocycles. The lowest BCUT2D eigenvalue weighted by atomic mass is 9.96. The van der Waals surface area contributed by atoms with Gasteiger partial charge in [0.25, 0.3) is 0 Å². The minimum atomic E-state index is -1.32. The van der Waals surface area contributed by atoms with E-state index in [2.05, 4.69) is 0 Å². The Kier molecular flexibility index (Phi) is 9.07. The molecular weight excluding hydrogens is 320 g/mol. The fourth-order valence-corrected chi connectivity index (χ4v) is 2.36. The molecule has 0 rings (SSSR count). The highest BCUT2D eigenvalue weighted by Crippen LogP contribution is 2.21. The van der Waals surface area contributed by atoms with Crippen molar-refractivity contribution < 1.29 is 39.6 Å². The van der Waals surface area contributed by atoms with Crippen LogP contribution in [0.3, 0.4) is 0 Å². The lowest BCUT2D eigenvalue weighted by molar-refractivity contribution is -0.136. The molecule has 24 heavy (non-hydrogen) atoms. The first-order valence-corrected chi connectivity index (χ1v) is 7.54. The minimum absolute atomic E-state index is 0.0216. The second-order valence-electron chi connectivity index (χ2n) is 5.05. The van der Waals surface area contributed by atoms with Crippen molar-refractivity contribution in [1.82, 2.24) is 0 Å². The highest BCUT2D eigenvalue weighted by Gasteiger charge is 2.20. The van der Waals surface area contributed by atoms with E-state index in [1.165, 1.54) is 13.8 Å². The normalized spacial score (nSPS) is 12.9. The van der Waals surface area contributed by atoms with Crippen molar-refractivity contribution >= 4 is 23.9 Å². The van der Waals surface area contributed by atoms with Crippen LogP contribution in [-0.4, -0.2) is 44.3 Å². The van der Waals surface area contributed by atoms with Gasteiger partial charge in [0, 0.05) is 22.3 Å². The van der Waals surface area contributed by atoms with Crippen molar-refractivity contribution in [2.75, 3.05) is 0 Å². The summed E-state index contributed by atoms with van der Waals surface area (Å²) in [5.74, 6) is -5.22. The van der Waals surface area contributed by atoms with E-state index in [0.29, 0.717) is 0 Å². The molecule has 0 amide bonds. The number of rotatable bonds is 11. The molecule has 0 spiro atoms. The quantitative estimate of drug-likeness (QED) is 0.330. The molecule has 0 bridgehead atoms. The van der Waals surface area contributed by atoms with Gasteiger partial charge in [-0.2, -0.15) is 0 Å². The zero-order chi connectivity index (χ0) is 18.9. The Morgan fingerprint density at radius 1 is 0.542 bits per heavy atom. The molecule has 0 aromatic heterocycles. The van der Waals surface area contributed by atoms with Crippen LogP contribution in [0.1, 0.15) is 52.4 Å². The largest absolute Gasteiger partial charge is 0.478 e. The number of carboxylic acid groups (broad SMARTS) is 4. The third-order valence-corrected chi connectivity index (χ3v) is 3.57. The predicted molar refractivity (Wildman–Crippen MR) is 83.6 cm³/mol. The minimum Gasteiger partial charge on any atom is -0.478 e. The lowest BCUT2D eigenvalue weighted by Crippen LogP contribution is -2.12. The summed E-state index contributed by atoms with van der Waals surface area (Å²) in [6.45, 7) is 3.08. The van der Waals surface area contributed by atoms with Crippen molar-refractivity contribution in [3.63, 3.8) is 0 Å². The van der Waals surface area contributed by atoms with E-state index in [4.69, 9.17) is 20.4 Å². The molecule has 0 aliphatic heterocycles. The van der Waals surface area contributed by atoms with Gasteiger partial charge in [0.2, 0.25) is 0 Å². The molecule has 0 aliphatic rings. The Labute approximate surface area is 139 Å². The number of hydrogen-bond acceptors (Lipinski definition) is 4. The summed E-state index contributed by atoms with van der Waals surface area (Å²) in [5.41, 5.74) is -0.785. The second-order valence-corrected chi connectivity index (χ2v) is 5.05. The highest BCUT2D eigenvalue weighted by atomic mass is 16.4. The molecule has 134 valence electrons. The van der Waals surface area contributed by atoms with Gasteiger partial charge < -0.3 is 20.4 Å². The van der Waals surface area contributed by atoms with Crippen LogP contribution >= 0.6 is 0 Å². The van der Waals surface area contributed by atoms with Gasteiger partial charge in [0.05, 0.1) is 0 Å². The fourth-order valence-electron chi connectivity index (χ4n) is 2.36. The smallest absolute Gasteiger partial charge is 0.332 e. The molecule has 0 fully saturated rings. The van der Waals surface area contributed by atoms with Gasteiger partial charge in [-0.1, -0.05) is 13.8 Å². The Hall–Kier alpha value is -2.64. The summed E-state index contributed by atoms with van der Waals surface area (Å²) < 4.78 is 0. The van der Waals surface area contributed by atoms with Gasteiger partial charge in [-0.15, -0.1) is 0 Å². The van der Waals surface area contributed by atoms with Crippen molar-refractivity contribution in [2.45, 2.75) is 52.4 Å². The van der Waals surface area contributed by atoms with E-state index < -0.39 is 23.9 Å². The topological polar surface area (TPSA) is 149 Å². The summed E-state index contributed by atoms with van der Waals surface area (Å²) in [7, 11) is 0. The van der Waals surface area contributed by atoms with Crippen LogP contribution in [0.2, 0.25) is 0 Å². The van der Waals surface area contributed by atoms with Gasteiger partial charge in [-0.05, 0) is 38.5 Å². The van der Waals surface area contributed by atoms with Crippen LogP contribution < -0.4 is 0 Å². The Bertz CT molecular complexity index is 531. The number of carboxylic acids is 4. The third-order valence-electron chi connectivity index (χ3n) is 3.57. The first-order valence-electron chi connectivity index (χ1n) is 7.54. The summed E-state index contributed by atoms with van der Waals surface area (Å²) in [6.07, 6.45) is 0.572. The van der Waals surface area contributed by atoms with E-state index >= 15 is 0 Å². The molecule has 8 heteroatoms. The van der Waals surface area contributed by atoms with E-state index in [-0.39, 0.29) is 60.8 Å². The average molecular weight is 342 g/mol. The van der Waals surface area contributed by atoms with E-state index in [1.807, 2.05) is 0 Å². The molecule has 0 heterocycles. The molecule has 0 aliphatic carbocycles. The summed E-state index contributed by atoms with van der Waals surface area (Å²) >= 11 is 0. The zero-order valence-electron chi connectivity index (χ0n) is 13.7. The Morgan fingerprint density at radius 2 is 0.792 bits per heavy atom. The SMILES string of the molecule is CC/C(C(=O)O)=C(/CCCC/C(C(=O)O)=C(/CC)C(=O)O)C(=O)O. The molecule has 0 saturated carbocycles. The molecule has 0 aromatic carbocycles. The maximum Gasteiger partial charge on any atom is 0.332 e. The number of aliphatic carboxylic acids is 4. The summed E-state index contributed by atoms with van der Waals surface area (Å²) in [6, 6.07) is 0. The van der Waals surface area contributed by atoms with Gasteiger partial charge >= 0.3 is 23.9 Å². The fraction of sp³-hybridized carbons (Fsp3) is 0.500. The first kappa shape index (κ1) is 21.4. The molecule has 8 nitrogen and oxygen atoms in total. The molecule has 4 N–H and O–H groups in total. The van der Waals surface area contributed by atoms with Crippen molar-refractivity contribution in [3.05, 3.63) is 22.3 Å². The monoisotopic (exact) mass is 342 g/mol. The van der Waals surface area contributed by atoms with Crippen molar-refractivity contribution in [2.24, 2.45) is 0 Å². The molecule has 0 unspecified atom stereocenters. The highest BCUT2D eigenvalue weighted by molar-refractivity contribution is 5.99. The number of unbranched alkanes of at least 4 members (excludes halogenated alkanes) is 1. The van der Waals surface area contributed by atoms with Crippen LogP contribution in [0.15, 0.2) is 22.3 Å². The lowest BCUT2D eigenvalue weighted by Gasteiger charge is -2.09.